The molecule has 5 fully saturated rings. The van der Waals surface area contributed by atoms with Crippen molar-refractivity contribution in [3.8, 4) is 0 Å². The molecule has 4 unspecified atom stereocenters. The Bertz CT molecular complexity index is 1120. The first kappa shape index (κ1) is 25.0. The number of hydrogen-bond donors (Lipinski definition) is 0. The maximum atomic E-state index is 14.4. The molecule has 2 bridgehead atoms. The number of ether oxygens (including phenoxy) is 6. The lowest BCUT2D eigenvalue weighted by atomic mass is 10.0. The average molecular weight is 565 g/mol. The van der Waals surface area contributed by atoms with Crippen LogP contribution in [0.15, 0.2) is 48.3 Å². The van der Waals surface area contributed by atoms with E-state index in [-0.39, 0.29) is 37.9 Å². The van der Waals surface area contributed by atoms with Crippen molar-refractivity contribution in [2.24, 2.45) is 0 Å². The van der Waals surface area contributed by atoms with E-state index >= 15 is 0 Å². The molecule has 7 aliphatic heterocycles. The highest BCUT2D eigenvalue weighted by molar-refractivity contribution is 8.78. The predicted molar refractivity (Wildman–Crippen MR) is 132 cm³/mol. The summed E-state index contributed by atoms with van der Waals surface area (Å²) in [4.78, 5) is 53.7. The fourth-order valence-electron chi connectivity index (χ4n) is 5.76. The number of amides is 2. The van der Waals surface area contributed by atoms with E-state index in [1.54, 1.807) is 13.8 Å². The Hall–Kier alpha value is -3.26. The van der Waals surface area contributed by atoms with Gasteiger partial charge >= 0.3 is 12.3 Å². The summed E-state index contributed by atoms with van der Waals surface area (Å²) in [5.41, 5.74) is 1.27. The van der Waals surface area contributed by atoms with E-state index in [4.69, 9.17) is 28.4 Å². The fraction of sp³-hybridized carbons (Fsp3) is 0.500. The van der Waals surface area contributed by atoms with Gasteiger partial charge < -0.3 is 38.2 Å². The number of rotatable bonds is 4. The van der Waals surface area contributed by atoms with Gasteiger partial charge in [-0.25, -0.2) is 9.59 Å². The molecule has 7 heterocycles. The first-order chi connectivity index (χ1) is 18.4. The third-order valence-electron chi connectivity index (χ3n) is 7.15. The third-order valence-corrected chi connectivity index (χ3v) is 10.7. The minimum atomic E-state index is -1.31. The van der Waals surface area contributed by atoms with E-state index < -0.39 is 46.3 Å². The first-order valence-electron chi connectivity index (χ1n) is 12.1. The summed E-state index contributed by atoms with van der Waals surface area (Å²) >= 11 is 0. The molecule has 0 N–H and O–H groups in total. The van der Waals surface area contributed by atoms with Crippen molar-refractivity contribution in [1.82, 2.24) is 9.80 Å². The maximum Gasteiger partial charge on any atom is 0.508 e. The molecule has 38 heavy (non-hydrogen) atoms. The second-order valence-electron chi connectivity index (χ2n) is 9.17. The number of nitrogens with zero attached hydrogens (tertiary/aromatic N) is 2. The molecule has 6 atom stereocenters. The van der Waals surface area contributed by atoms with Crippen molar-refractivity contribution in [2.45, 2.75) is 60.7 Å². The number of piperazine rings is 1. The standard InChI is InChI=1S/C24H24N2O10S2/c1-3-33-21(29)35-15-5-7-31-11-13-9-23-20(28)26-18-14(12-32-8-6-16(18)36-22(30)34-4-2)10-24(26,38-37-23)19(27)25(23)17(13)15/h5-8,11-12,15-18H,3-4,9-10H2,1-2H3/t15?,16?,17?,18?,23-,24-/m1/s1. The van der Waals surface area contributed by atoms with E-state index in [0.717, 1.165) is 0 Å². The molecule has 7 rings (SSSR count). The van der Waals surface area contributed by atoms with E-state index in [0.29, 0.717) is 11.1 Å². The van der Waals surface area contributed by atoms with Gasteiger partial charge in [0.25, 0.3) is 11.8 Å². The van der Waals surface area contributed by atoms with Gasteiger partial charge in [0.1, 0.15) is 0 Å². The zero-order valence-electron chi connectivity index (χ0n) is 20.4. The molecule has 0 aromatic carbocycles. The van der Waals surface area contributed by atoms with Gasteiger partial charge in [-0.05, 0) is 37.1 Å². The van der Waals surface area contributed by atoms with Crippen LogP contribution >= 0.6 is 21.6 Å². The summed E-state index contributed by atoms with van der Waals surface area (Å²) in [5.74, 6) is -0.621. The van der Waals surface area contributed by atoms with Gasteiger partial charge in [-0.3, -0.25) is 9.59 Å². The van der Waals surface area contributed by atoms with Gasteiger partial charge in [-0.1, -0.05) is 21.6 Å². The first-order valence-corrected chi connectivity index (χ1v) is 14.2. The van der Waals surface area contributed by atoms with Crippen LogP contribution < -0.4 is 0 Å². The van der Waals surface area contributed by atoms with Crippen molar-refractivity contribution < 1.29 is 47.6 Å². The van der Waals surface area contributed by atoms with Gasteiger partial charge in [0, 0.05) is 12.8 Å². The van der Waals surface area contributed by atoms with Crippen LogP contribution in [0.2, 0.25) is 0 Å². The largest absolute Gasteiger partial charge is 0.508 e. The molecule has 0 radical (unpaired) electrons. The van der Waals surface area contributed by atoms with Gasteiger partial charge in [-0.15, -0.1) is 0 Å². The lowest BCUT2D eigenvalue weighted by molar-refractivity contribution is -0.168. The van der Waals surface area contributed by atoms with Crippen molar-refractivity contribution in [3.05, 3.63) is 48.3 Å². The molecule has 202 valence electrons. The number of carbonyl (C=O) groups is 4. The predicted octanol–water partition coefficient (Wildman–Crippen LogP) is 2.93. The topological polar surface area (TPSA) is 130 Å². The van der Waals surface area contributed by atoms with Crippen molar-refractivity contribution in [3.63, 3.8) is 0 Å². The van der Waals surface area contributed by atoms with Crippen molar-refractivity contribution in [2.75, 3.05) is 13.2 Å². The molecule has 2 amide bonds. The molecular formula is C24H24N2O10S2. The van der Waals surface area contributed by atoms with Gasteiger partial charge in [-0.2, -0.15) is 0 Å². The number of carbonyl (C=O) groups excluding carboxylic acids is 4. The van der Waals surface area contributed by atoms with Crippen molar-refractivity contribution >= 4 is 45.7 Å². The third kappa shape index (κ3) is 3.45. The van der Waals surface area contributed by atoms with Crippen LogP contribution in [0.3, 0.4) is 0 Å². The second kappa shape index (κ2) is 9.19. The summed E-state index contributed by atoms with van der Waals surface area (Å²) in [6.45, 7) is 3.56. The Morgan fingerprint density at radius 1 is 0.842 bits per heavy atom. The summed E-state index contributed by atoms with van der Waals surface area (Å²) in [6.07, 6.45) is 5.50. The Kier molecular flexibility index (Phi) is 6.05. The summed E-state index contributed by atoms with van der Waals surface area (Å²) in [5, 5.41) is 0. The van der Waals surface area contributed by atoms with Crippen LogP contribution in [0.1, 0.15) is 26.7 Å². The Morgan fingerprint density at radius 2 is 1.26 bits per heavy atom. The van der Waals surface area contributed by atoms with Crippen LogP contribution in [0.25, 0.3) is 0 Å². The SMILES string of the molecule is CCOC(=O)OC1C=COC=C2C[C@@]34SS[C@]5(CC6=COC=CC(OC(=O)OCC)C6N5C3=O)C(=O)N4C21. The molecule has 5 saturated heterocycles. The zero-order valence-corrected chi connectivity index (χ0v) is 22.0. The molecule has 14 heteroatoms. The lowest BCUT2D eigenvalue weighted by Crippen LogP contribution is -2.77. The quantitative estimate of drug-likeness (QED) is 0.368. The highest BCUT2D eigenvalue weighted by Crippen LogP contribution is 2.69. The summed E-state index contributed by atoms with van der Waals surface area (Å²) in [6, 6.07) is -1.52. The molecular weight excluding hydrogens is 540 g/mol. The molecule has 0 aliphatic carbocycles. The molecule has 0 aromatic rings. The van der Waals surface area contributed by atoms with Crippen molar-refractivity contribution in [1.29, 1.82) is 0 Å². The monoisotopic (exact) mass is 564 g/mol. The highest BCUT2D eigenvalue weighted by atomic mass is 33.1. The van der Waals surface area contributed by atoms with E-state index in [1.807, 2.05) is 0 Å². The maximum absolute atomic E-state index is 14.4. The minimum Gasteiger partial charge on any atom is -0.473 e. The Morgan fingerprint density at radius 3 is 1.66 bits per heavy atom. The van der Waals surface area contributed by atoms with E-state index in [1.165, 1.54) is 68.6 Å². The van der Waals surface area contributed by atoms with Crippen LogP contribution in [-0.2, 0) is 38.0 Å². The zero-order chi connectivity index (χ0) is 26.7. The molecule has 0 saturated carbocycles. The average Bonchev–Trinajstić information content (AvgIpc) is 3.25. The van der Waals surface area contributed by atoms with Gasteiger partial charge in [0.15, 0.2) is 21.9 Å². The van der Waals surface area contributed by atoms with Crippen LogP contribution in [-0.4, -0.2) is 81.2 Å². The molecule has 7 aliphatic rings. The highest BCUT2D eigenvalue weighted by Gasteiger charge is 2.78. The van der Waals surface area contributed by atoms with Gasteiger partial charge in [0.05, 0.1) is 50.3 Å². The van der Waals surface area contributed by atoms with E-state index in [2.05, 4.69) is 0 Å². The Balaban J connectivity index is 1.39. The molecule has 0 aromatic heterocycles. The van der Waals surface area contributed by atoms with Crippen LogP contribution in [0.4, 0.5) is 9.59 Å². The van der Waals surface area contributed by atoms with Gasteiger partial charge in [0.2, 0.25) is 0 Å². The normalized spacial score (nSPS) is 35.8. The van der Waals surface area contributed by atoms with E-state index in [9.17, 15) is 19.2 Å². The van der Waals surface area contributed by atoms with Crippen LogP contribution in [0, 0.1) is 0 Å². The summed E-state index contributed by atoms with van der Waals surface area (Å²) < 4.78 is 32.0. The fourth-order valence-corrected chi connectivity index (χ4v) is 9.47. The lowest BCUT2D eigenvalue weighted by Gasteiger charge is -2.58. The minimum absolute atomic E-state index is 0.122. The number of fused-ring (bicyclic) bond motifs is 3. The summed E-state index contributed by atoms with van der Waals surface area (Å²) in [7, 11) is 2.62. The molecule has 2 spiro atoms. The Labute approximate surface area is 225 Å². The number of hydrogen-bond acceptors (Lipinski definition) is 12. The smallest absolute Gasteiger partial charge is 0.473 e. The molecule has 12 nitrogen and oxygen atoms in total. The second-order valence-corrected chi connectivity index (χ2v) is 11.9. The van der Waals surface area contributed by atoms with Crippen LogP contribution in [0.5, 0.6) is 0 Å².